The van der Waals surface area contributed by atoms with E-state index in [2.05, 4.69) is 16.0 Å². The molecule has 0 bridgehead atoms. The van der Waals surface area contributed by atoms with Gasteiger partial charge in [0.25, 0.3) is 5.91 Å². The molecule has 124 valence electrons. The lowest BCUT2D eigenvalue weighted by Gasteiger charge is -2.24. The predicted molar refractivity (Wildman–Crippen MR) is 90.8 cm³/mol. The second kappa shape index (κ2) is 6.89. The molecule has 3 rings (SSSR count). The highest BCUT2D eigenvalue weighted by molar-refractivity contribution is 6.34. The van der Waals surface area contributed by atoms with Crippen LogP contribution in [-0.4, -0.2) is 30.9 Å². The fraction of sp³-hybridized carbons (Fsp3) is 0.529. The molecule has 1 aliphatic heterocycles. The summed E-state index contributed by atoms with van der Waals surface area (Å²) in [6.45, 7) is 0. The number of fused-ring (bicyclic) bond motifs is 1. The van der Waals surface area contributed by atoms with Crippen molar-refractivity contribution in [3.8, 4) is 0 Å². The average molecular weight is 336 g/mol. The van der Waals surface area contributed by atoms with E-state index in [9.17, 15) is 9.59 Å². The Morgan fingerprint density at radius 3 is 2.78 bits per heavy atom. The fourth-order valence-electron chi connectivity index (χ4n) is 3.66. The summed E-state index contributed by atoms with van der Waals surface area (Å²) in [7, 11) is 1.55. The third-order valence-electron chi connectivity index (χ3n) is 4.88. The Balaban J connectivity index is 1.67. The van der Waals surface area contributed by atoms with Crippen LogP contribution in [0.3, 0.4) is 0 Å². The molecule has 0 aromatic heterocycles. The van der Waals surface area contributed by atoms with Crippen molar-refractivity contribution in [3.63, 3.8) is 0 Å². The van der Waals surface area contributed by atoms with E-state index < -0.39 is 0 Å². The van der Waals surface area contributed by atoms with Gasteiger partial charge in [-0.1, -0.05) is 24.4 Å². The van der Waals surface area contributed by atoms with Crippen molar-refractivity contribution in [2.75, 3.05) is 12.4 Å². The summed E-state index contributed by atoms with van der Waals surface area (Å²) < 4.78 is 0. The third kappa shape index (κ3) is 3.51. The molecule has 0 spiro atoms. The van der Waals surface area contributed by atoms with Crippen molar-refractivity contribution in [2.24, 2.45) is 5.92 Å². The van der Waals surface area contributed by atoms with Gasteiger partial charge in [-0.2, -0.15) is 0 Å². The Morgan fingerprint density at radius 1 is 1.26 bits per heavy atom. The lowest BCUT2D eigenvalue weighted by atomic mass is 9.85. The van der Waals surface area contributed by atoms with Gasteiger partial charge in [-0.05, 0) is 43.4 Å². The molecule has 3 N–H and O–H groups in total. The molecule has 2 aliphatic rings. The first kappa shape index (κ1) is 16.3. The SMILES string of the molecule is CNC(=O)c1cc(NC(=O)C2CC3CCCCC3N2)ccc1Cl. The van der Waals surface area contributed by atoms with Gasteiger partial charge in [0.05, 0.1) is 16.6 Å². The molecule has 5 nitrogen and oxygen atoms in total. The second-order valence-corrected chi connectivity index (χ2v) is 6.78. The zero-order valence-corrected chi connectivity index (χ0v) is 14.0. The van der Waals surface area contributed by atoms with Crippen LogP contribution in [0.4, 0.5) is 5.69 Å². The molecule has 2 amide bonds. The summed E-state index contributed by atoms with van der Waals surface area (Å²) in [5.41, 5.74) is 0.953. The first-order valence-electron chi connectivity index (χ1n) is 8.17. The third-order valence-corrected chi connectivity index (χ3v) is 5.21. The zero-order valence-electron chi connectivity index (χ0n) is 13.2. The molecule has 1 saturated heterocycles. The van der Waals surface area contributed by atoms with E-state index in [1.807, 2.05) is 0 Å². The molecule has 1 aromatic rings. The summed E-state index contributed by atoms with van der Waals surface area (Å²) >= 11 is 6.03. The standard InChI is InChI=1S/C17H22ClN3O2/c1-19-16(22)12-9-11(6-7-13(12)18)20-17(23)15-8-10-4-2-3-5-14(10)21-15/h6-7,9-10,14-15,21H,2-5,8H2,1H3,(H,19,22)(H,20,23). The van der Waals surface area contributed by atoms with Crippen LogP contribution in [0.25, 0.3) is 0 Å². The number of amides is 2. The largest absolute Gasteiger partial charge is 0.355 e. The van der Waals surface area contributed by atoms with E-state index in [4.69, 9.17) is 11.6 Å². The van der Waals surface area contributed by atoms with Gasteiger partial charge in [0.2, 0.25) is 5.91 Å². The number of anilines is 1. The van der Waals surface area contributed by atoms with Crippen molar-refractivity contribution < 1.29 is 9.59 Å². The summed E-state index contributed by atoms with van der Waals surface area (Å²) in [5, 5.41) is 9.27. The molecule has 1 heterocycles. The van der Waals surface area contributed by atoms with Gasteiger partial charge >= 0.3 is 0 Å². The van der Waals surface area contributed by atoms with E-state index in [1.165, 1.54) is 19.3 Å². The van der Waals surface area contributed by atoms with E-state index >= 15 is 0 Å². The minimum Gasteiger partial charge on any atom is -0.355 e. The van der Waals surface area contributed by atoms with Crippen molar-refractivity contribution in [1.82, 2.24) is 10.6 Å². The Bertz CT molecular complexity index is 606. The number of carbonyl (C=O) groups is 2. The first-order chi connectivity index (χ1) is 11.1. The number of hydrogen-bond acceptors (Lipinski definition) is 3. The van der Waals surface area contributed by atoms with Crippen molar-refractivity contribution in [1.29, 1.82) is 0 Å². The molecule has 1 aliphatic carbocycles. The number of carbonyl (C=O) groups excluding carboxylic acids is 2. The summed E-state index contributed by atoms with van der Waals surface area (Å²) in [4.78, 5) is 24.3. The van der Waals surface area contributed by atoms with Gasteiger partial charge in [-0.3, -0.25) is 9.59 Å². The highest BCUT2D eigenvalue weighted by Crippen LogP contribution is 2.33. The van der Waals surface area contributed by atoms with E-state index in [0.717, 1.165) is 12.8 Å². The maximum atomic E-state index is 12.5. The van der Waals surface area contributed by atoms with Gasteiger partial charge in [0.1, 0.15) is 0 Å². The van der Waals surface area contributed by atoms with Crippen LogP contribution in [0.1, 0.15) is 42.5 Å². The summed E-state index contributed by atoms with van der Waals surface area (Å²) in [6.07, 6.45) is 5.78. The number of benzene rings is 1. The number of hydrogen-bond donors (Lipinski definition) is 3. The lowest BCUT2D eigenvalue weighted by molar-refractivity contribution is -0.117. The maximum absolute atomic E-state index is 12.5. The quantitative estimate of drug-likeness (QED) is 0.795. The van der Waals surface area contributed by atoms with E-state index in [-0.39, 0.29) is 17.9 Å². The van der Waals surface area contributed by atoms with E-state index in [0.29, 0.717) is 28.2 Å². The average Bonchev–Trinajstić information content (AvgIpc) is 3.00. The summed E-state index contributed by atoms with van der Waals surface area (Å²) in [6, 6.07) is 5.28. The minimum atomic E-state index is -0.267. The number of nitrogens with one attached hydrogen (secondary N) is 3. The van der Waals surface area contributed by atoms with Crippen LogP contribution in [0.5, 0.6) is 0 Å². The number of halogens is 1. The van der Waals surface area contributed by atoms with Gasteiger partial charge < -0.3 is 16.0 Å². The smallest absolute Gasteiger partial charge is 0.252 e. The molecule has 2 fully saturated rings. The van der Waals surface area contributed by atoms with Crippen molar-refractivity contribution in [3.05, 3.63) is 28.8 Å². The van der Waals surface area contributed by atoms with Crippen molar-refractivity contribution in [2.45, 2.75) is 44.2 Å². The zero-order chi connectivity index (χ0) is 16.4. The van der Waals surface area contributed by atoms with Crippen LogP contribution in [0, 0.1) is 5.92 Å². The highest BCUT2D eigenvalue weighted by Gasteiger charge is 2.38. The highest BCUT2D eigenvalue weighted by atomic mass is 35.5. The van der Waals surface area contributed by atoms with Gasteiger partial charge in [0, 0.05) is 18.8 Å². The van der Waals surface area contributed by atoms with Crippen LogP contribution in [0.15, 0.2) is 18.2 Å². The molecule has 1 aromatic carbocycles. The fourth-order valence-corrected chi connectivity index (χ4v) is 3.87. The monoisotopic (exact) mass is 335 g/mol. The molecule has 3 atom stereocenters. The van der Waals surface area contributed by atoms with E-state index in [1.54, 1.807) is 25.2 Å². The Kier molecular flexibility index (Phi) is 4.87. The van der Waals surface area contributed by atoms with Gasteiger partial charge in [0.15, 0.2) is 0 Å². The predicted octanol–water partition coefficient (Wildman–Crippen LogP) is 2.56. The molecule has 0 radical (unpaired) electrons. The normalized spacial score (nSPS) is 26.4. The van der Waals surface area contributed by atoms with Gasteiger partial charge in [-0.25, -0.2) is 0 Å². The Hall–Kier alpha value is -1.59. The summed E-state index contributed by atoms with van der Waals surface area (Å²) in [5.74, 6) is 0.312. The lowest BCUT2D eigenvalue weighted by Crippen LogP contribution is -2.39. The number of rotatable bonds is 3. The topological polar surface area (TPSA) is 70.2 Å². The van der Waals surface area contributed by atoms with Crippen LogP contribution in [-0.2, 0) is 4.79 Å². The molecule has 23 heavy (non-hydrogen) atoms. The molecule has 1 saturated carbocycles. The molecule has 3 unspecified atom stereocenters. The Morgan fingerprint density at radius 2 is 2.04 bits per heavy atom. The van der Waals surface area contributed by atoms with Crippen molar-refractivity contribution >= 4 is 29.1 Å². The molecular formula is C17H22ClN3O2. The first-order valence-corrected chi connectivity index (χ1v) is 8.55. The second-order valence-electron chi connectivity index (χ2n) is 6.37. The Labute approximate surface area is 141 Å². The van der Waals surface area contributed by atoms with Gasteiger partial charge in [-0.15, -0.1) is 0 Å². The van der Waals surface area contributed by atoms with Crippen LogP contribution < -0.4 is 16.0 Å². The molecule has 6 heteroatoms. The van der Waals surface area contributed by atoms with Crippen LogP contribution in [0.2, 0.25) is 5.02 Å². The van der Waals surface area contributed by atoms with Crippen LogP contribution >= 0.6 is 11.6 Å². The maximum Gasteiger partial charge on any atom is 0.252 e. The molecular weight excluding hydrogens is 314 g/mol. The minimum absolute atomic E-state index is 0.0374.